The van der Waals surface area contributed by atoms with Crippen LogP contribution >= 0.6 is 23.4 Å². The third kappa shape index (κ3) is 9.21. The molecule has 0 saturated heterocycles. The molecule has 1 aromatic rings. The maximum atomic E-state index is 11.8. The molecule has 0 atom stereocenters. The van der Waals surface area contributed by atoms with Crippen molar-refractivity contribution in [1.29, 1.82) is 0 Å². The summed E-state index contributed by atoms with van der Waals surface area (Å²) in [7, 11) is 0. The van der Waals surface area contributed by atoms with Gasteiger partial charge in [0.05, 0.1) is 10.8 Å². The van der Waals surface area contributed by atoms with Crippen LogP contribution in [0.1, 0.15) is 64.7 Å². The van der Waals surface area contributed by atoms with E-state index in [4.69, 9.17) is 11.6 Å². The summed E-state index contributed by atoms with van der Waals surface area (Å²) >= 11 is 7.62. The monoisotopic (exact) mass is 326 g/mol. The molecular formula is C18H27ClOS. The van der Waals surface area contributed by atoms with E-state index in [2.05, 4.69) is 6.92 Å². The summed E-state index contributed by atoms with van der Waals surface area (Å²) in [6, 6.07) is 7.70. The lowest BCUT2D eigenvalue weighted by Gasteiger charge is -2.04. The van der Waals surface area contributed by atoms with Gasteiger partial charge in [0.1, 0.15) is 5.78 Å². The quantitative estimate of drug-likeness (QED) is 0.321. The summed E-state index contributed by atoms with van der Waals surface area (Å²) in [4.78, 5) is 12.8. The van der Waals surface area contributed by atoms with Crippen molar-refractivity contribution in [2.75, 3.05) is 5.75 Å². The van der Waals surface area contributed by atoms with Crippen LogP contribution in [0.4, 0.5) is 0 Å². The van der Waals surface area contributed by atoms with Crippen molar-refractivity contribution in [2.45, 2.75) is 69.6 Å². The molecule has 0 saturated carbocycles. The second kappa shape index (κ2) is 12.1. The van der Waals surface area contributed by atoms with E-state index in [1.165, 1.54) is 44.9 Å². The molecule has 0 amide bonds. The molecule has 0 aliphatic carbocycles. The topological polar surface area (TPSA) is 17.1 Å². The molecule has 21 heavy (non-hydrogen) atoms. The van der Waals surface area contributed by atoms with E-state index in [0.29, 0.717) is 18.0 Å². The van der Waals surface area contributed by atoms with Crippen molar-refractivity contribution in [3.05, 3.63) is 29.3 Å². The fraction of sp³-hybridized carbons (Fsp3) is 0.611. The Morgan fingerprint density at radius 1 is 1.00 bits per heavy atom. The molecule has 118 valence electrons. The molecule has 1 nitrogen and oxygen atoms in total. The number of thioether (sulfide) groups is 1. The number of unbranched alkanes of at least 4 members (excludes halogenated alkanes) is 7. The SMILES string of the molecule is CCCCCCCCCCC(=O)CSc1ccccc1Cl. The van der Waals surface area contributed by atoms with Crippen molar-refractivity contribution in [1.82, 2.24) is 0 Å². The maximum absolute atomic E-state index is 11.8. The first kappa shape index (κ1) is 18.6. The van der Waals surface area contributed by atoms with Gasteiger partial charge in [-0.1, -0.05) is 75.6 Å². The highest BCUT2D eigenvalue weighted by molar-refractivity contribution is 8.00. The number of hydrogen-bond donors (Lipinski definition) is 0. The first-order chi connectivity index (χ1) is 10.2. The minimum Gasteiger partial charge on any atom is -0.299 e. The molecule has 0 aliphatic rings. The van der Waals surface area contributed by atoms with E-state index in [1.807, 2.05) is 24.3 Å². The number of hydrogen-bond acceptors (Lipinski definition) is 2. The molecule has 0 unspecified atom stereocenters. The Morgan fingerprint density at radius 2 is 1.62 bits per heavy atom. The molecule has 1 rings (SSSR count). The van der Waals surface area contributed by atoms with E-state index in [9.17, 15) is 4.79 Å². The zero-order chi connectivity index (χ0) is 15.3. The third-order valence-electron chi connectivity index (χ3n) is 3.53. The predicted molar refractivity (Wildman–Crippen MR) is 94.4 cm³/mol. The lowest BCUT2D eigenvalue weighted by Crippen LogP contribution is -2.01. The Balaban J connectivity index is 2.00. The van der Waals surface area contributed by atoms with Crippen LogP contribution in [0.5, 0.6) is 0 Å². The Bertz CT molecular complexity index is 406. The van der Waals surface area contributed by atoms with Crippen molar-refractivity contribution in [3.63, 3.8) is 0 Å². The number of Topliss-reactive ketones (excluding diaryl/α,β-unsaturated/α-hetero) is 1. The first-order valence-corrected chi connectivity index (χ1v) is 9.49. The second-order valence-electron chi connectivity index (χ2n) is 5.48. The normalized spacial score (nSPS) is 10.8. The van der Waals surface area contributed by atoms with Crippen molar-refractivity contribution in [3.8, 4) is 0 Å². The molecule has 0 N–H and O–H groups in total. The van der Waals surface area contributed by atoms with Gasteiger partial charge >= 0.3 is 0 Å². The van der Waals surface area contributed by atoms with Gasteiger partial charge in [0, 0.05) is 11.3 Å². The lowest BCUT2D eigenvalue weighted by molar-refractivity contribution is -0.116. The zero-order valence-corrected chi connectivity index (χ0v) is 14.6. The van der Waals surface area contributed by atoms with Crippen molar-refractivity contribution >= 4 is 29.1 Å². The summed E-state index contributed by atoms with van der Waals surface area (Å²) in [6.45, 7) is 2.24. The highest BCUT2D eigenvalue weighted by atomic mass is 35.5. The second-order valence-corrected chi connectivity index (χ2v) is 6.91. The molecule has 0 fully saturated rings. The van der Waals surface area contributed by atoms with Crippen LogP contribution < -0.4 is 0 Å². The van der Waals surface area contributed by atoms with Crippen molar-refractivity contribution < 1.29 is 4.79 Å². The van der Waals surface area contributed by atoms with E-state index >= 15 is 0 Å². The van der Waals surface area contributed by atoms with Gasteiger partial charge in [-0.25, -0.2) is 0 Å². The molecule has 0 aromatic heterocycles. The Kier molecular flexibility index (Phi) is 10.7. The Labute approximate surface area is 138 Å². The minimum atomic E-state index is 0.339. The summed E-state index contributed by atoms with van der Waals surface area (Å²) in [5.41, 5.74) is 0. The van der Waals surface area contributed by atoms with Crippen LogP contribution in [0.25, 0.3) is 0 Å². The van der Waals surface area contributed by atoms with E-state index in [0.717, 1.165) is 16.3 Å². The van der Waals surface area contributed by atoms with Crippen molar-refractivity contribution in [2.24, 2.45) is 0 Å². The molecule has 1 aromatic carbocycles. The van der Waals surface area contributed by atoms with Crippen LogP contribution in [0.15, 0.2) is 29.2 Å². The van der Waals surface area contributed by atoms with Crippen LogP contribution in [0.2, 0.25) is 5.02 Å². The van der Waals surface area contributed by atoms with E-state index in [-0.39, 0.29) is 0 Å². The molecule has 0 aliphatic heterocycles. The number of carbonyl (C=O) groups excluding carboxylic acids is 1. The number of halogens is 1. The first-order valence-electron chi connectivity index (χ1n) is 8.13. The van der Waals surface area contributed by atoms with Crippen LogP contribution in [0, 0.1) is 0 Å². The molecule has 0 radical (unpaired) electrons. The van der Waals surface area contributed by atoms with Gasteiger partial charge in [-0.05, 0) is 18.6 Å². The Hall–Kier alpha value is -0.470. The number of rotatable bonds is 12. The number of benzene rings is 1. The summed E-state index contributed by atoms with van der Waals surface area (Å²) in [6.07, 6.45) is 10.9. The Morgan fingerprint density at radius 3 is 2.29 bits per heavy atom. The molecule has 3 heteroatoms. The van der Waals surface area contributed by atoms with Gasteiger partial charge in [-0.3, -0.25) is 4.79 Å². The van der Waals surface area contributed by atoms with E-state index < -0.39 is 0 Å². The number of carbonyl (C=O) groups is 1. The smallest absolute Gasteiger partial charge is 0.143 e. The zero-order valence-electron chi connectivity index (χ0n) is 13.1. The molecule has 0 bridgehead atoms. The third-order valence-corrected chi connectivity index (χ3v) is 5.11. The predicted octanol–water partition coefficient (Wildman–Crippen LogP) is 6.53. The van der Waals surface area contributed by atoms with Gasteiger partial charge in [0.15, 0.2) is 0 Å². The van der Waals surface area contributed by atoms with Crippen LogP contribution in [0.3, 0.4) is 0 Å². The van der Waals surface area contributed by atoms with Gasteiger partial charge in [0.2, 0.25) is 0 Å². The maximum Gasteiger partial charge on any atom is 0.143 e. The average Bonchev–Trinajstić information content (AvgIpc) is 2.49. The van der Waals surface area contributed by atoms with Crippen LogP contribution in [-0.2, 0) is 4.79 Å². The minimum absolute atomic E-state index is 0.339. The summed E-state index contributed by atoms with van der Waals surface area (Å²) < 4.78 is 0. The highest BCUT2D eigenvalue weighted by Gasteiger charge is 2.05. The fourth-order valence-corrected chi connectivity index (χ4v) is 3.39. The molecule has 0 heterocycles. The fourth-order valence-electron chi connectivity index (χ4n) is 2.25. The van der Waals surface area contributed by atoms with Gasteiger partial charge in [-0.15, -0.1) is 11.8 Å². The average molecular weight is 327 g/mol. The standard InChI is InChI=1S/C18H27ClOS/c1-2-3-4-5-6-7-8-9-12-16(20)15-21-18-14-11-10-13-17(18)19/h10-11,13-14H,2-9,12,15H2,1H3. The van der Waals surface area contributed by atoms with Gasteiger partial charge in [0.25, 0.3) is 0 Å². The highest BCUT2D eigenvalue weighted by Crippen LogP contribution is 2.26. The van der Waals surface area contributed by atoms with E-state index in [1.54, 1.807) is 11.8 Å². The summed E-state index contributed by atoms with van der Waals surface area (Å²) in [5, 5.41) is 0.738. The largest absolute Gasteiger partial charge is 0.299 e. The number of ketones is 1. The van der Waals surface area contributed by atoms with Gasteiger partial charge < -0.3 is 0 Å². The van der Waals surface area contributed by atoms with Crippen LogP contribution in [-0.4, -0.2) is 11.5 Å². The summed E-state index contributed by atoms with van der Waals surface area (Å²) in [5.74, 6) is 0.881. The van der Waals surface area contributed by atoms with Gasteiger partial charge in [-0.2, -0.15) is 0 Å². The molecule has 0 spiro atoms. The lowest BCUT2D eigenvalue weighted by atomic mass is 10.1. The molecular weight excluding hydrogens is 300 g/mol.